The average Bonchev–Trinajstić information content (AvgIpc) is 2.95. The van der Waals surface area contributed by atoms with E-state index in [0.29, 0.717) is 0 Å². The fraction of sp³-hybridized carbons (Fsp3) is 0.818. The highest BCUT2D eigenvalue weighted by Gasteiger charge is 2.28. The summed E-state index contributed by atoms with van der Waals surface area (Å²) >= 11 is 0. The highest BCUT2D eigenvalue weighted by atomic mass is 16.5. The molecule has 0 spiro atoms. The highest BCUT2D eigenvalue weighted by Crippen LogP contribution is 2.26. The van der Waals surface area contributed by atoms with Crippen molar-refractivity contribution in [1.82, 2.24) is 10.2 Å². The predicted octanol–water partition coefficient (Wildman–Crippen LogP) is 0.873. The fourth-order valence-electron chi connectivity index (χ4n) is 1.63. The first-order valence-corrected chi connectivity index (χ1v) is 5.32. The summed E-state index contributed by atoms with van der Waals surface area (Å²) < 4.78 is 5.10. The van der Waals surface area contributed by atoms with Crippen molar-refractivity contribution >= 4 is 0 Å². The normalized spacial score (nSPS) is 16.2. The molecular formula is C11H22N2O. The van der Waals surface area contributed by atoms with Crippen molar-refractivity contribution in [2.45, 2.75) is 18.9 Å². The van der Waals surface area contributed by atoms with Crippen LogP contribution in [0.2, 0.25) is 0 Å². The van der Waals surface area contributed by atoms with E-state index in [1.165, 1.54) is 18.4 Å². The maximum absolute atomic E-state index is 5.10. The summed E-state index contributed by atoms with van der Waals surface area (Å²) in [6, 6.07) is 0.791. The van der Waals surface area contributed by atoms with E-state index in [1.54, 1.807) is 7.11 Å². The largest absolute Gasteiger partial charge is 0.383 e. The SMILES string of the molecule is C=C(CNC)CN(CCOC)C1CC1. The zero-order chi connectivity index (χ0) is 10.4. The van der Waals surface area contributed by atoms with E-state index in [4.69, 9.17) is 4.74 Å². The molecule has 0 aromatic carbocycles. The van der Waals surface area contributed by atoms with Crippen molar-refractivity contribution in [3.8, 4) is 0 Å². The summed E-state index contributed by atoms with van der Waals surface area (Å²) in [7, 11) is 3.72. The number of ether oxygens (including phenoxy) is 1. The van der Waals surface area contributed by atoms with Crippen LogP contribution in [-0.2, 0) is 4.74 Å². The minimum Gasteiger partial charge on any atom is -0.383 e. The first-order valence-electron chi connectivity index (χ1n) is 5.32. The maximum atomic E-state index is 5.10. The molecule has 14 heavy (non-hydrogen) atoms. The van der Waals surface area contributed by atoms with E-state index >= 15 is 0 Å². The number of hydrogen-bond acceptors (Lipinski definition) is 3. The monoisotopic (exact) mass is 198 g/mol. The Kier molecular flexibility index (Phi) is 5.15. The van der Waals surface area contributed by atoms with E-state index < -0.39 is 0 Å². The van der Waals surface area contributed by atoms with Gasteiger partial charge in [-0.05, 0) is 25.5 Å². The van der Waals surface area contributed by atoms with Gasteiger partial charge in [0.2, 0.25) is 0 Å². The Morgan fingerprint density at radius 3 is 2.79 bits per heavy atom. The Morgan fingerprint density at radius 2 is 2.29 bits per heavy atom. The van der Waals surface area contributed by atoms with Gasteiger partial charge in [-0.25, -0.2) is 0 Å². The third-order valence-corrected chi connectivity index (χ3v) is 2.50. The summed E-state index contributed by atoms with van der Waals surface area (Å²) in [5.41, 5.74) is 1.26. The van der Waals surface area contributed by atoms with Crippen LogP contribution in [-0.4, -0.2) is 51.3 Å². The number of rotatable bonds is 8. The summed E-state index contributed by atoms with van der Waals surface area (Å²) in [6.07, 6.45) is 2.69. The topological polar surface area (TPSA) is 24.5 Å². The van der Waals surface area contributed by atoms with Crippen molar-refractivity contribution in [2.75, 3.05) is 40.4 Å². The fourth-order valence-corrected chi connectivity index (χ4v) is 1.63. The van der Waals surface area contributed by atoms with Gasteiger partial charge < -0.3 is 10.1 Å². The molecule has 0 aromatic rings. The Labute approximate surface area is 87.1 Å². The van der Waals surface area contributed by atoms with Crippen LogP contribution in [0.3, 0.4) is 0 Å². The molecule has 0 radical (unpaired) electrons. The number of nitrogens with zero attached hydrogens (tertiary/aromatic N) is 1. The summed E-state index contributed by atoms with van der Waals surface area (Å²) in [4.78, 5) is 2.48. The van der Waals surface area contributed by atoms with Crippen molar-refractivity contribution in [1.29, 1.82) is 0 Å². The van der Waals surface area contributed by atoms with Crippen LogP contribution < -0.4 is 5.32 Å². The van der Waals surface area contributed by atoms with Gasteiger partial charge in [-0.2, -0.15) is 0 Å². The molecule has 3 heteroatoms. The Bertz CT molecular complexity index is 178. The zero-order valence-corrected chi connectivity index (χ0v) is 9.38. The first-order chi connectivity index (χ1) is 6.77. The maximum Gasteiger partial charge on any atom is 0.0589 e. The third kappa shape index (κ3) is 4.22. The molecule has 3 nitrogen and oxygen atoms in total. The molecule has 1 N–H and O–H groups in total. The predicted molar refractivity (Wildman–Crippen MR) is 59.5 cm³/mol. The van der Waals surface area contributed by atoms with Gasteiger partial charge in [0.15, 0.2) is 0 Å². The average molecular weight is 198 g/mol. The molecule has 0 unspecified atom stereocenters. The van der Waals surface area contributed by atoms with E-state index in [0.717, 1.165) is 32.3 Å². The minimum atomic E-state index is 0.791. The molecule has 1 fully saturated rings. The second-order valence-corrected chi connectivity index (χ2v) is 3.97. The highest BCUT2D eigenvalue weighted by molar-refractivity contribution is 5.02. The zero-order valence-electron chi connectivity index (χ0n) is 9.38. The van der Waals surface area contributed by atoms with Gasteiger partial charge in [-0.1, -0.05) is 6.58 Å². The van der Waals surface area contributed by atoms with Crippen LogP contribution in [0, 0.1) is 0 Å². The van der Waals surface area contributed by atoms with Gasteiger partial charge in [0.25, 0.3) is 0 Å². The summed E-state index contributed by atoms with van der Waals surface area (Å²) in [5.74, 6) is 0. The second kappa shape index (κ2) is 6.17. The van der Waals surface area contributed by atoms with Crippen molar-refractivity contribution in [3.05, 3.63) is 12.2 Å². The van der Waals surface area contributed by atoms with Gasteiger partial charge in [0, 0.05) is 32.8 Å². The van der Waals surface area contributed by atoms with Crippen molar-refractivity contribution in [2.24, 2.45) is 0 Å². The van der Waals surface area contributed by atoms with E-state index in [2.05, 4.69) is 16.8 Å². The second-order valence-electron chi connectivity index (χ2n) is 3.97. The Hall–Kier alpha value is -0.380. The van der Waals surface area contributed by atoms with E-state index in [-0.39, 0.29) is 0 Å². The molecule has 1 aliphatic rings. The lowest BCUT2D eigenvalue weighted by Gasteiger charge is -2.22. The lowest BCUT2D eigenvalue weighted by Crippen LogP contribution is -2.33. The molecule has 1 saturated carbocycles. The molecule has 0 atom stereocenters. The minimum absolute atomic E-state index is 0.791. The third-order valence-electron chi connectivity index (χ3n) is 2.50. The number of likely N-dealkylation sites (N-methyl/N-ethyl adjacent to an activating group) is 1. The van der Waals surface area contributed by atoms with Crippen LogP contribution in [0.5, 0.6) is 0 Å². The van der Waals surface area contributed by atoms with Gasteiger partial charge in [0.1, 0.15) is 0 Å². The van der Waals surface area contributed by atoms with Crippen LogP contribution in [0.25, 0.3) is 0 Å². The van der Waals surface area contributed by atoms with Gasteiger partial charge in [0.05, 0.1) is 6.61 Å². The van der Waals surface area contributed by atoms with Gasteiger partial charge >= 0.3 is 0 Å². The van der Waals surface area contributed by atoms with Crippen LogP contribution in [0.1, 0.15) is 12.8 Å². The standard InChI is InChI=1S/C11H22N2O/c1-10(8-12-2)9-13(6-7-14-3)11-4-5-11/h11-12H,1,4-9H2,2-3H3. The molecule has 0 heterocycles. The Balaban J connectivity index is 2.23. The summed E-state index contributed by atoms with van der Waals surface area (Å²) in [6.45, 7) is 7.83. The van der Waals surface area contributed by atoms with Crippen molar-refractivity contribution < 1.29 is 4.74 Å². The quantitative estimate of drug-likeness (QED) is 0.586. The molecule has 0 aliphatic heterocycles. The van der Waals surface area contributed by atoms with Gasteiger partial charge in [-0.3, -0.25) is 4.90 Å². The molecule has 1 aliphatic carbocycles. The van der Waals surface area contributed by atoms with Gasteiger partial charge in [-0.15, -0.1) is 0 Å². The van der Waals surface area contributed by atoms with Crippen LogP contribution >= 0.6 is 0 Å². The molecule has 1 rings (SSSR count). The van der Waals surface area contributed by atoms with Crippen LogP contribution in [0.4, 0.5) is 0 Å². The molecular weight excluding hydrogens is 176 g/mol. The number of hydrogen-bond donors (Lipinski definition) is 1. The molecule has 0 aromatic heterocycles. The molecule has 0 amide bonds. The molecule has 0 saturated heterocycles. The first kappa shape index (κ1) is 11.7. The van der Waals surface area contributed by atoms with E-state index in [1.807, 2.05) is 7.05 Å². The number of nitrogens with one attached hydrogen (secondary N) is 1. The smallest absolute Gasteiger partial charge is 0.0589 e. The van der Waals surface area contributed by atoms with E-state index in [9.17, 15) is 0 Å². The number of methoxy groups -OCH3 is 1. The van der Waals surface area contributed by atoms with Crippen molar-refractivity contribution in [3.63, 3.8) is 0 Å². The summed E-state index contributed by atoms with van der Waals surface area (Å²) in [5, 5.41) is 3.13. The Morgan fingerprint density at radius 1 is 1.57 bits per heavy atom. The lowest BCUT2D eigenvalue weighted by molar-refractivity contribution is 0.149. The molecule has 0 bridgehead atoms. The molecule has 82 valence electrons. The van der Waals surface area contributed by atoms with Crippen LogP contribution in [0.15, 0.2) is 12.2 Å². The lowest BCUT2D eigenvalue weighted by atomic mass is 10.2.